The van der Waals surface area contributed by atoms with E-state index in [0.29, 0.717) is 17.4 Å². The first kappa shape index (κ1) is 13.5. The lowest BCUT2D eigenvalue weighted by Gasteiger charge is -2.43. The second-order valence-electron chi connectivity index (χ2n) is 6.16. The predicted molar refractivity (Wildman–Crippen MR) is 73.2 cm³/mol. The van der Waals surface area contributed by atoms with Gasteiger partial charge in [-0.2, -0.15) is 0 Å². The minimum Gasteiger partial charge on any atom is -0.309 e. The number of rotatable bonds is 4. The molecular formula is C14H26N4. The van der Waals surface area contributed by atoms with E-state index in [1.807, 2.05) is 17.9 Å². The van der Waals surface area contributed by atoms with Crippen LogP contribution in [-0.2, 0) is 7.05 Å². The molecule has 1 aromatic rings. The summed E-state index contributed by atoms with van der Waals surface area (Å²) in [4.78, 5) is 0. The van der Waals surface area contributed by atoms with Crippen LogP contribution in [0.3, 0.4) is 0 Å². The molecule has 1 aliphatic rings. The molecule has 0 radical (unpaired) electrons. The van der Waals surface area contributed by atoms with Gasteiger partial charge >= 0.3 is 0 Å². The molecule has 4 heteroatoms. The number of aromatic nitrogens is 3. The van der Waals surface area contributed by atoms with Gasteiger partial charge in [0.1, 0.15) is 0 Å². The monoisotopic (exact) mass is 250 g/mol. The van der Waals surface area contributed by atoms with Crippen LogP contribution < -0.4 is 5.32 Å². The van der Waals surface area contributed by atoms with Crippen molar-refractivity contribution >= 4 is 0 Å². The van der Waals surface area contributed by atoms with Crippen LogP contribution in [0.1, 0.15) is 58.2 Å². The molecule has 0 spiro atoms. The molecule has 2 unspecified atom stereocenters. The highest BCUT2D eigenvalue weighted by atomic mass is 15.4. The molecule has 4 nitrogen and oxygen atoms in total. The largest absolute Gasteiger partial charge is 0.309 e. The molecule has 0 amide bonds. The van der Waals surface area contributed by atoms with Gasteiger partial charge in [-0.05, 0) is 30.7 Å². The Morgan fingerprint density at radius 3 is 2.83 bits per heavy atom. The van der Waals surface area contributed by atoms with Crippen LogP contribution in [0.25, 0.3) is 0 Å². The Morgan fingerprint density at radius 2 is 2.28 bits per heavy atom. The molecule has 0 bridgehead atoms. The zero-order chi connectivity index (χ0) is 13.2. The van der Waals surface area contributed by atoms with Crippen molar-refractivity contribution in [2.45, 2.75) is 52.5 Å². The van der Waals surface area contributed by atoms with Crippen molar-refractivity contribution < 1.29 is 0 Å². The normalized spacial score (nSPS) is 25.0. The fourth-order valence-electron chi connectivity index (χ4n) is 3.39. The molecule has 2 atom stereocenters. The third-order valence-electron chi connectivity index (χ3n) is 4.48. The van der Waals surface area contributed by atoms with E-state index >= 15 is 0 Å². The molecule has 0 aromatic carbocycles. The summed E-state index contributed by atoms with van der Waals surface area (Å²) in [5.41, 5.74) is 1.62. The van der Waals surface area contributed by atoms with Gasteiger partial charge in [0.2, 0.25) is 0 Å². The maximum atomic E-state index is 4.09. The van der Waals surface area contributed by atoms with E-state index in [0.717, 1.165) is 6.54 Å². The first-order chi connectivity index (χ1) is 8.56. The molecule has 1 heterocycles. The smallest absolute Gasteiger partial charge is 0.0756 e. The lowest BCUT2D eigenvalue weighted by atomic mass is 9.65. The van der Waals surface area contributed by atoms with Crippen molar-refractivity contribution in [2.24, 2.45) is 18.4 Å². The van der Waals surface area contributed by atoms with Crippen molar-refractivity contribution in [1.82, 2.24) is 20.3 Å². The lowest BCUT2D eigenvalue weighted by molar-refractivity contribution is 0.0958. The number of nitrogens with one attached hydrogen (secondary N) is 1. The van der Waals surface area contributed by atoms with E-state index in [2.05, 4.69) is 36.4 Å². The fraction of sp³-hybridized carbons (Fsp3) is 0.857. The molecule has 2 rings (SSSR count). The van der Waals surface area contributed by atoms with E-state index in [9.17, 15) is 0 Å². The highest BCUT2D eigenvalue weighted by Gasteiger charge is 2.38. The summed E-state index contributed by atoms with van der Waals surface area (Å²) in [6, 6.07) is 0.380. The number of hydrogen-bond donors (Lipinski definition) is 1. The second-order valence-corrected chi connectivity index (χ2v) is 6.16. The summed E-state index contributed by atoms with van der Waals surface area (Å²) in [5, 5.41) is 11.8. The minimum atomic E-state index is 0.380. The van der Waals surface area contributed by atoms with Crippen LogP contribution in [-0.4, -0.2) is 21.5 Å². The number of nitrogens with zero attached hydrogens (tertiary/aromatic N) is 3. The van der Waals surface area contributed by atoms with E-state index in [4.69, 9.17) is 0 Å². The van der Waals surface area contributed by atoms with E-state index < -0.39 is 0 Å². The highest BCUT2D eigenvalue weighted by molar-refractivity contribution is 5.07. The Morgan fingerprint density at radius 1 is 1.50 bits per heavy atom. The summed E-state index contributed by atoms with van der Waals surface area (Å²) >= 11 is 0. The Kier molecular flexibility index (Phi) is 4.05. The van der Waals surface area contributed by atoms with Crippen molar-refractivity contribution in [3.05, 3.63) is 11.9 Å². The van der Waals surface area contributed by atoms with Gasteiger partial charge in [-0.25, -0.2) is 0 Å². The Labute approximate surface area is 110 Å². The van der Waals surface area contributed by atoms with Crippen LogP contribution in [0, 0.1) is 11.3 Å². The maximum absolute atomic E-state index is 4.09. The molecule has 18 heavy (non-hydrogen) atoms. The van der Waals surface area contributed by atoms with Gasteiger partial charge in [-0.1, -0.05) is 38.8 Å². The predicted octanol–water partition coefficient (Wildman–Crippen LogP) is 2.68. The zero-order valence-electron chi connectivity index (χ0n) is 12.1. The van der Waals surface area contributed by atoms with Crippen LogP contribution in [0.15, 0.2) is 6.20 Å². The summed E-state index contributed by atoms with van der Waals surface area (Å²) in [7, 11) is 1.99. The summed E-state index contributed by atoms with van der Waals surface area (Å²) in [6.45, 7) is 7.98. The van der Waals surface area contributed by atoms with E-state index in [-0.39, 0.29) is 0 Å². The third-order valence-corrected chi connectivity index (χ3v) is 4.48. The van der Waals surface area contributed by atoms with Crippen LogP contribution in [0.4, 0.5) is 0 Å². The third kappa shape index (κ3) is 2.58. The summed E-state index contributed by atoms with van der Waals surface area (Å²) in [6.07, 6.45) is 7.26. The topological polar surface area (TPSA) is 42.7 Å². The zero-order valence-corrected chi connectivity index (χ0v) is 12.1. The molecule has 0 saturated heterocycles. The van der Waals surface area contributed by atoms with Gasteiger partial charge in [0.25, 0.3) is 0 Å². The molecule has 1 aliphatic carbocycles. The molecular weight excluding hydrogens is 224 g/mol. The standard InChI is InChI=1S/C14H26N4/c1-5-15-13(12-10-16-17-18(12)4)11-8-6-7-9-14(11,2)3/h10-11,13,15H,5-9H2,1-4H3. The molecule has 1 aromatic heterocycles. The van der Waals surface area contributed by atoms with Crippen LogP contribution in [0.5, 0.6) is 0 Å². The first-order valence-corrected chi connectivity index (χ1v) is 7.14. The first-order valence-electron chi connectivity index (χ1n) is 7.14. The molecule has 1 N–H and O–H groups in total. The number of aryl methyl sites for hydroxylation is 1. The molecule has 1 saturated carbocycles. The second kappa shape index (κ2) is 5.39. The molecule has 0 aliphatic heterocycles. The van der Waals surface area contributed by atoms with Gasteiger partial charge < -0.3 is 5.32 Å². The lowest BCUT2D eigenvalue weighted by Crippen LogP contribution is -2.39. The summed E-state index contributed by atoms with van der Waals surface area (Å²) in [5.74, 6) is 0.670. The highest BCUT2D eigenvalue weighted by Crippen LogP contribution is 2.46. The quantitative estimate of drug-likeness (QED) is 0.893. The molecule has 1 fully saturated rings. The fourth-order valence-corrected chi connectivity index (χ4v) is 3.39. The molecule has 102 valence electrons. The van der Waals surface area contributed by atoms with Gasteiger partial charge in [0.15, 0.2) is 0 Å². The van der Waals surface area contributed by atoms with Crippen molar-refractivity contribution in [1.29, 1.82) is 0 Å². The summed E-state index contributed by atoms with van der Waals surface area (Å²) < 4.78 is 1.91. The minimum absolute atomic E-state index is 0.380. The SMILES string of the molecule is CCNC(c1cnnn1C)C1CCCCC1(C)C. The van der Waals surface area contributed by atoms with Crippen molar-refractivity contribution in [2.75, 3.05) is 6.54 Å². The maximum Gasteiger partial charge on any atom is 0.0756 e. The van der Waals surface area contributed by atoms with Gasteiger partial charge in [-0.15, -0.1) is 5.10 Å². The van der Waals surface area contributed by atoms with Gasteiger partial charge in [-0.3, -0.25) is 4.68 Å². The van der Waals surface area contributed by atoms with Crippen molar-refractivity contribution in [3.8, 4) is 0 Å². The van der Waals surface area contributed by atoms with Crippen molar-refractivity contribution in [3.63, 3.8) is 0 Å². The van der Waals surface area contributed by atoms with E-state index in [1.54, 1.807) is 0 Å². The van der Waals surface area contributed by atoms with Crippen LogP contribution >= 0.6 is 0 Å². The average Bonchev–Trinajstić information content (AvgIpc) is 2.72. The Hall–Kier alpha value is -0.900. The Bertz CT molecular complexity index is 383. The van der Waals surface area contributed by atoms with Gasteiger partial charge in [0, 0.05) is 7.05 Å². The van der Waals surface area contributed by atoms with E-state index in [1.165, 1.54) is 31.4 Å². The number of hydrogen-bond acceptors (Lipinski definition) is 3. The van der Waals surface area contributed by atoms with Gasteiger partial charge in [0.05, 0.1) is 17.9 Å². The van der Waals surface area contributed by atoms with Crippen LogP contribution in [0.2, 0.25) is 0 Å². The Balaban J connectivity index is 2.27. The average molecular weight is 250 g/mol.